The van der Waals surface area contributed by atoms with Gasteiger partial charge in [-0.05, 0) is 37.5 Å². The van der Waals surface area contributed by atoms with E-state index >= 15 is 0 Å². The number of benzene rings is 1. The number of hydrogen-bond acceptors (Lipinski definition) is 2. The molecule has 0 aliphatic carbocycles. The third-order valence-corrected chi connectivity index (χ3v) is 2.34. The number of rotatable bonds is 3. The molecule has 1 aromatic carbocycles. The van der Waals surface area contributed by atoms with Crippen molar-refractivity contribution in [3.63, 3.8) is 0 Å². The first-order chi connectivity index (χ1) is 6.16. The molecule has 0 fully saturated rings. The van der Waals surface area contributed by atoms with E-state index in [0.29, 0.717) is 6.47 Å². The van der Waals surface area contributed by atoms with Crippen LogP contribution in [0.4, 0.5) is 0 Å². The second kappa shape index (κ2) is 4.08. The van der Waals surface area contributed by atoms with Crippen LogP contribution in [0.3, 0.4) is 0 Å². The van der Waals surface area contributed by atoms with E-state index in [1.807, 2.05) is 39.0 Å². The minimum absolute atomic E-state index is 0.155. The quantitative estimate of drug-likeness (QED) is 0.665. The van der Waals surface area contributed by atoms with Gasteiger partial charge in [0.15, 0.2) is 0 Å². The Morgan fingerprint density at radius 2 is 2.08 bits per heavy atom. The van der Waals surface area contributed by atoms with Crippen LogP contribution in [0.2, 0.25) is 0 Å². The van der Waals surface area contributed by atoms with Crippen LogP contribution in [0, 0.1) is 13.8 Å². The van der Waals surface area contributed by atoms with Crippen LogP contribution in [0.1, 0.15) is 29.7 Å². The molecule has 1 aromatic rings. The smallest absolute Gasteiger partial charge is 0.293 e. The lowest BCUT2D eigenvalue weighted by molar-refractivity contribution is -0.133. The van der Waals surface area contributed by atoms with Crippen LogP contribution in [0.5, 0.6) is 0 Å². The second-order valence-electron chi connectivity index (χ2n) is 3.16. The molecule has 0 amide bonds. The molecule has 70 valence electrons. The minimum atomic E-state index is -0.155. The van der Waals surface area contributed by atoms with E-state index in [4.69, 9.17) is 4.74 Å². The van der Waals surface area contributed by atoms with Crippen molar-refractivity contribution in [2.24, 2.45) is 0 Å². The SMILES string of the molecule is Cc1cccc(C(C)OC=O)c1C. The first kappa shape index (κ1) is 9.78. The average molecular weight is 178 g/mol. The molecule has 0 aliphatic heterocycles. The third kappa shape index (κ3) is 2.08. The number of carbonyl (C=O) groups is 1. The van der Waals surface area contributed by atoms with Gasteiger partial charge in [0.2, 0.25) is 0 Å². The number of ether oxygens (including phenoxy) is 1. The summed E-state index contributed by atoms with van der Waals surface area (Å²) in [5.74, 6) is 0. The van der Waals surface area contributed by atoms with Crippen LogP contribution < -0.4 is 0 Å². The average Bonchev–Trinajstić information content (AvgIpc) is 2.10. The van der Waals surface area contributed by atoms with Crippen molar-refractivity contribution in [1.82, 2.24) is 0 Å². The Morgan fingerprint density at radius 3 is 2.69 bits per heavy atom. The van der Waals surface area contributed by atoms with Crippen LogP contribution in [-0.2, 0) is 9.53 Å². The molecule has 0 bridgehead atoms. The standard InChI is InChI=1S/C11H14O2/c1-8-5-4-6-11(9(8)2)10(3)13-7-12/h4-7,10H,1-3H3. The number of carbonyl (C=O) groups excluding carboxylic acids is 1. The Kier molecular flexibility index (Phi) is 3.07. The summed E-state index contributed by atoms with van der Waals surface area (Å²) in [7, 11) is 0. The van der Waals surface area contributed by atoms with E-state index in [1.54, 1.807) is 0 Å². The lowest BCUT2D eigenvalue weighted by Crippen LogP contribution is -2.01. The van der Waals surface area contributed by atoms with Gasteiger partial charge in [0, 0.05) is 0 Å². The van der Waals surface area contributed by atoms with Gasteiger partial charge in [0.05, 0.1) is 0 Å². The molecule has 0 saturated heterocycles. The molecule has 0 aromatic heterocycles. The molecule has 1 unspecified atom stereocenters. The molecule has 0 N–H and O–H groups in total. The van der Waals surface area contributed by atoms with Crippen molar-refractivity contribution in [2.75, 3.05) is 0 Å². The fourth-order valence-corrected chi connectivity index (χ4v) is 1.37. The van der Waals surface area contributed by atoms with Crippen LogP contribution in [-0.4, -0.2) is 6.47 Å². The fourth-order valence-electron chi connectivity index (χ4n) is 1.37. The van der Waals surface area contributed by atoms with Gasteiger partial charge in [-0.25, -0.2) is 0 Å². The van der Waals surface area contributed by atoms with Crippen LogP contribution >= 0.6 is 0 Å². The molecule has 2 nitrogen and oxygen atoms in total. The second-order valence-corrected chi connectivity index (χ2v) is 3.16. The minimum Gasteiger partial charge on any atom is -0.460 e. The highest BCUT2D eigenvalue weighted by atomic mass is 16.5. The summed E-state index contributed by atoms with van der Waals surface area (Å²) in [5.41, 5.74) is 3.49. The van der Waals surface area contributed by atoms with E-state index in [1.165, 1.54) is 11.1 Å². The summed E-state index contributed by atoms with van der Waals surface area (Å²) in [6, 6.07) is 6.01. The van der Waals surface area contributed by atoms with Gasteiger partial charge < -0.3 is 4.74 Å². The van der Waals surface area contributed by atoms with Crippen molar-refractivity contribution in [3.8, 4) is 0 Å². The molecule has 2 heteroatoms. The van der Waals surface area contributed by atoms with E-state index in [2.05, 4.69) is 0 Å². The predicted octanol–water partition coefficient (Wildman–Crippen LogP) is 2.54. The Labute approximate surface area is 78.5 Å². The van der Waals surface area contributed by atoms with Gasteiger partial charge >= 0.3 is 0 Å². The summed E-state index contributed by atoms with van der Waals surface area (Å²) in [6.07, 6.45) is -0.155. The molecule has 0 radical (unpaired) electrons. The first-order valence-electron chi connectivity index (χ1n) is 4.32. The summed E-state index contributed by atoms with van der Waals surface area (Å²) < 4.78 is 4.88. The van der Waals surface area contributed by atoms with Crippen molar-refractivity contribution < 1.29 is 9.53 Å². The van der Waals surface area contributed by atoms with Crippen molar-refractivity contribution >= 4 is 6.47 Å². The topological polar surface area (TPSA) is 26.3 Å². The van der Waals surface area contributed by atoms with Gasteiger partial charge in [0.1, 0.15) is 6.10 Å². The van der Waals surface area contributed by atoms with E-state index < -0.39 is 0 Å². The lowest BCUT2D eigenvalue weighted by atomic mass is 10.00. The Morgan fingerprint density at radius 1 is 1.38 bits per heavy atom. The third-order valence-electron chi connectivity index (χ3n) is 2.34. The molecule has 1 rings (SSSR count). The van der Waals surface area contributed by atoms with E-state index in [9.17, 15) is 4.79 Å². The van der Waals surface area contributed by atoms with Gasteiger partial charge in [-0.15, -0.1) is 0 Å². The maximum atomic E-state index is 10.2. The highest BCUT2D eigenvalue weighted by Crippen LogP contribution is 2.21. The lowest BCUT2D eigenvalue weighted by Gasteiger charge is -2.14. The number of hydrogen-bond donors (Lipinski definition) is 0. The van der Waals surface area contributed by atoms with Crippen molar-refractivity contribution in [1.29, 1.82) is 0 Å². The Bertz CT molecular complexity index is 305. The van der Waals surface area contributed by atoms with Gasteiger partial charge in [0.25, 0.3) is 6.47 Å². The normalized spacial score (nSPS) is 12.2. The summed E-state index contributed by atoms with van der Waals surface area (Å²) in [4.78, 5) is 10.2. The van der Waals surface area contributed by atoms with Gasteiger partial charge in [-0.1, -0.05) is 18.2 Å². The Balaban J connectivity index is 3.00. The Hall–Kier alpha value is -1.31. The zero-order valence-electron chi connectivity index (χ0n) is 8.20. The molecule has 0 heterocycles. The maximum absolute atomic E-state index is 10.2. The predicted molar refractivity (Wildman–Crippen MR) is 51.5 cm³/mol. The zero-order valence-corrected chi connectivity index (χ0v) is 8.20. The van der Waals surface area contributed by atoms with Gasteiger partial charge in [-0.2, -0.15) is 0 Å². The van der Waals surface area contributed by atoms with E-state index in [-0.39, 0.29) is 6.10 Å². The number of aryl methyl sites for hydroxylation is 1. The summed E-state index contributed by atoms with van der Waals surface area (Å²) >= 11 is 0. The zero-order chi connectivity index (χ0) is 9.84. The van der Waals surface area contributed by atoms with Crippen LogP contribution in [0.25, 0.3) is 0 Å². The highest BCUT2D eigenvalue weighted by Gasteiger charge is 2.09. The molecule has 0 spiro atoms. The van der Waals surface area contributed by atoms with E-state index in [0.717, 1.165) is 5.56 Å². The van der Waals surface area contributed by atoms with Crippen molar-refractivity contribution in [2.45, 2.75) is 26.9 Å². The molecule has 1 atom stereocenters. The van der Waals surface area contributed by atoms with Crippen LogP contribution in [0.15, 0.2) is 18.2 Å². The van der Waals surface area contributed by atoms with Crippen molar-refractivity contribution in [3.05, 3.63) is 34.9 Å². The monoisotopic (exact) mass is 178 g/mol. The largest absolute Gasteiger partial charge is 0.460 e. The highest BCUT2D eigenvalue weighted by molar-refractivity contribution is 5.40. The maximum Gasteiger partial charge on any atom is 0.293 e. The summed E-state index contributed by atoms with van der Waals surface area (Å²) in [6.45, 7) is 6.45. The van der Waals surface area contributed by atoms with Gasteiger partial charge in [-0.3, -0.25) is 4.79 Å². The molecule has 0 aliphatic rings. The molecule has 0 saturated carbocycles. The first-order valence-corrected chi connectivity index (χ1v) is 4.32. The fraction of sp³-hybridized carbons (Fsp3) is 0.364. The molecular formula is C11H14O2. The molecular weight excluding hydrogens is 164 g/mol. The molecule has 13 heavy (non-hydrogen) atoms. The summed E-state index contributed by atoms with van der Waals surface area (Å²) in [5, 5.41) is 0.